The van der Waals surface area contributed by atoms with Crippen molar-refractivity contribution in [2.24, 2.45) is 0 Å². The summed E-state index contributed by atoms with van der Waals surface area (Å²) in [4.78, 5) is 28.7. The number of sulfonamides is 1. The van der Waals surface area contributed by atoms with Gasteiger partial charge in [-0.05, 0) is 74.9 Å². The molecule has 200 valence electrons. The third-order valence-corrected chi connectivity index (χ3v) is 7.87. The zero-order valence-electron chi connectivity index (χ0n) is 21.7. The molecule has 0 unspecified atom stereocenters. The third kappa shape index (κ3) is 5.75. The number of hydrogen-bond donors (Lipinski definition) is 2. The van der Waals surface area contributed by atoms with E-state index in [2.05, 4.69) is 10.0 Å². The number of para-hydroxylation sites is 2. The van der Waals surface area contributed by atoms with Crippen LogP contribution in [0.5, 0.6) is 5.75 Å². The van der Waals surface area contributed by atoms with E-state index in [9.17, 15) is 18.0 Å². The van der Waals surface area contributed by atoms with Crippen molar-refractivity contribution in [1.29, 1.82) is 0 Å². The maximum atomic E-state index is 13.6. The van der Waals surface area contributed by atoms with E-state index in [1.807, 2.05) is 18.7 Å². The molecule has 10 heteroatoms. The molecule has 38 heavy (non-hydrogen) atoms. The minimum absolute atomic E-state index is 0.0350. The second-order valence-corrected chi connectivity index (χ2v) is 10.5. The Morgan fingerprint density at radius 2 is 1.74 bits per heavy atom. The van der Waals surface area contributed by atoms with Gasteiger partial charge in [0, 0.05) is 43.0 Å². The van der Waals surface area contributed by atoms with Crippen molar-refractivity contribution in [2.45, 2.75) is 31.6 Å². The summed E-state index contributed by atoms with van der Waals surface area (Å²) < 4.78 is 35.1. The van der Waals surface area contributed by atoms with E-state index in [0.717, 1.165) is 12.1 Å². The minimum Gasteiger partial charge on any atom is -0.495 e. The maximum absolute atomic E-state index is 13.6. The van der Waals surface area contributed by atoms with Crippen LogP contribution in [0.25, 0.3) is 0 Å². The summed E-state index contributed by atoms with van der Waals surface area (Å²) in [5.74, 6) is 0.0795. The fraction of sp³-hybridized carbons (Fsp3) is 0.286. The molecule has 1 saturated heterocycles. The van der Waals surface area contributed by atoms with Gasteiger partial charge in [0.1, 0.15) is 10.6 Å². The molecule has 2 amide bonds. The highest BCUT2D eigenvalue weighted by Crippen LogP contribution is 2.33. The predicted molar refractivity (Wildman–Crippen MR) is 150 cm³/mol. The van der Waals surface area contributed by atoms with Crippen LogP contribution in [0.1, 0.15) is 37.0 Å². The monoisotopic (exact) mass is 536 g/mol. The quantitative estimate of drug-likeness (QED) is 0.388. The van der Waals surface area contributed by atoms with Crippen LogP contribution in [0.3, 0.4) is 0 Å². The molecule has 4 rings (SSSR count). The van der Waals surface area contributed by atoms with Crippen molar-refractivity contribution in [3.63, 3.8) is 0 Å². The molecular formula is C28H32N4O5S. The van der Waals surface area contributed by atoms with Gasteiger partial charge in [0.15, 0.2) is 0 Å². The van der Waals surface area contributed by atoms with Gasteiger partial charge in [-0.25, -0.2) is 8.42 Å². The van der Waals surface area contributed by atoms with Crippen molar-refractivity contribution < 1.29 is 22.7 Å². The van der Waals surface area contributed by atoms with E-state index in [1.165, 1.54) is 13.2 Å². The van der Waals surface area contributed by atoms with Crippen molar-refractivity contribution in [3.05, 3.63) is 72.3 Å². The Labute approximate surface area is 223 Å². The first-order valence-corrected chi connectivity index (χ1v) is 14.0. The number of ether oxygens (including phenoxy) is 1. The second kappa shape index (κ2) is 11.6. The first-order chi connectivity index (χ1) is 18.3. The number of rotatable bonds is 10. The molecule has 1 aliphatic heterocycles. The molecule has 0 spiro atoms. The lowest BCUT2D eigenvalue weighted by Crippen LogP contribution is -2.26. The standard InChI is InChI=1S/C28H32N4O5S/c1-4-31(5-2)24-17-14-21(19-26(24)38(35,36)30-23-9-6-7-10-25(23)37-3)29-28(34)20-12-15-22(16-13-20)32-18-8-11-27(32)33/h6-7,9-10,12-17,19,30H,4-5,8,11,18H2,1-3H3,(H,29,34). The van der Waals surface area contributed by atoms with Gasteiger partial charge in [0.25, 0.3) is 15.9 Å². The lowest BCUT2D eigenvalue weighted by Gasteiger charge is -2.25. The molecule has 0 aromatic heterocycles. The number of nitrogens with zero attached hydrogens (tertiary/aromatic N) is 2. The number of anilines is 4. The number of nitrogens with one attached hydrogen (secondary N) is 2. The molecule has 0 atom stereocenters. The normalized spacial score (nSPS) is 13.3. The molecule has 0 aliphatic carbocycles. The second-order valence-electron chi connectivity index (χ2n) is 8.81. The molecule has 0 bridgehead atoms. The van der Waals surface area contributed by atoms with Crippen LogP contribution in [0.15, 0.2) is 71.6 Å². The van der Waals surface area contributed by atoms with Gasteiger partial charge in [0.05, 0.1) is 18.5 Å². The van der Waals surface area contributed by atoms with Gasteiger partial charge in [-0.2, -0.15) is 0 Å². The van der Waals surface area contributed by atoms with E-state index < -0.39 is 10.0 Å². The Hall–Kier alpha value is -4.05. The number of carbonyl (C=O) groups is 2. The molecule has 3 aromatic rings. The fourth-order valence-electron chi connectivity index (χ4n) is 4.48. The van der Waals surface area contributed by atoms with E-state index in [0.29, 0.717) is 54.4 Å². The maximum Gasteiger partial charge on any atom is 0.264 e. The average Bonchev–Trinajstić information content (AvgIpc) is 3.36. The molecule has 1 heterocycles. The topological polar surface area (TPSA) is 108 Å². The summed E-state index contributed by atoms with van der Waals surface area (Å²) >= 11 is 0. The van der Waals surface area contributed by atoms with Crippen LogP contribution >= 0.6 is 0 Å². The predicted octanol–water partition coefficient (Wildman–Crippen LogP) is 4.72. The van der Waals surface area contributed by atoms with Gasteiger partial charge in [-0.3, -0.25) is 14.3 Å². The van der Waals surface area contributed by atoms with Crippen LogP contribution in [-0.2, 0) is 14.8 Å². The number of carbonyl (C=O) groups excluding carboxylic acids is 2. The summed E-state index contributed by atoms with van der Waals surface area (Å²) in [5.41, 5.74) is 2.32. The van der Waals surface area contributed by atoms with E-state index in [-0.39, 0.29) is 16.7 Å². The van der Waals surface area contributed by atoms with Crippen molar-refractivity contribution in [1.82, 2.24) is 0 Å². The Bertz CT molecular complexity index is 1420. The molecule has 2 N–H and O–H groups in total. The van der Waals surface area contributed by atoms with Gasteiger partial charge in [0.2, 0.25) is 5.91 Å². The molecule has 0 radical (unpaired) electrons. The number of methoxy groups -OCH3 is 1. The summed E-state index contributed by atoms with van der Waals surface area (Å²) in [6.45, 7) is 5.77. The van der Waals surface area contributed by atoms with E-state index >= 15 is 0 Å². The van der Waals surface area contributed by atoms with Gasteiger partial charge >= 0.3 is 0 Å². The molecule has 1 fully saturated rings. The summed E-state index contributed by atoms with van der Waals surface area (Å²) in [5, 5.41) is 2.80. The number of hydrogen-bond acceptors (Lipinski definition) is 6. The van der Waals surface area contributed by atoms with E-state index in [1.54, 1.807) is 65.6 Å². The Morgan fingerprint density at radius 3 is 2.37 bits per heavy atom. The van der Waals surface area contributed by atoms with Gasteiger partial charge in [-0.15, -0.1) is 0 Å². The Morgan fingerprint density at radius 1 is 1.03 bits per heavy atom. The first kappa shape index (κ1) is 27.0. The van der Waals surface area contributed by atoms with Crippen LogP contribution in [-0.4, -0.2) is 47.0 Å². The molecule has 9 nitrogen and oxygen atoms in total. The zero-order chi connectivity index (χ0) is 27.3. The third-order valence-electron chi connectivity index (χ3n) is 6.48. The highest BCUT2D eigenvalue weighted by molar-refractivity contribution is 7.93. The van der Waals surface area contributed by atoms with Gasteiger partial charge in [-0.1, -0.05) is 12.1 Å². The smallest absolute Gasteiger partial charge is 0.264 e. The summed E-state index contributed by atoms with van der Waals surface area (Å²) in [6.07, 6.45) is 1.35. The van der Waals surface area contributed by atoms with E-state index in [4.69, 9.17) is 4.74 Å². The van der Waals surface area contributed by atoms with Crippen LogP contribution in [0.4, 0.5) is 22.7 Å². The Kier molecular flexibility index (Phi) is 8.21. The number of benzene rings is 3. The lowest BCUT2D eigenvalue weighted by molar-refractivity contribution is -0.117. The molecule has 0 saturated carbocycles. The SMILES string of the molecule is CCN(CC)c1ccc(NC(=O)c2ccc(N3CCCC3=O)cc2)cc1S(=O)(=O)Nc1ccccc1OC. The van der Waals surface area contributed by atoms with Crippen LogP contribution < -0.4 is 24.6 Å². The zero-order valence-corrected chi connectivity index (χ0v) is 22.5. The largest absolute Gasteiger partial charge is 0.495 e. The van der Waals surface area contributed by atoms with Crippen molar-refractivity contribution >= 4 is 44.6 Å². The van der Waals surface area contributed by atoms with Crippen molar-refractivity contribution in [3.8, 4) is 5.75 Å². The van der Waals surface area contributed by atoms with Crippen LogP contribution in [0.2, 0.25) is 0 Å². The lowest BCUT2D eigenvalue weighted by atomic mass is 10.1. The number of amides is 2. The van der Waals surface area contributed by atoms with Crippen LogP contribution in [0, 0.1) is 0 Å². The highest BCUT2D eigenvalue weighted by atomic mass is 32.2. The first-order valence-electron chi connectivity index (χ1n) is 12.5. The van der Waals surface area contributed by atoms with Gasteiger partial charge < -0.3 is 19.9 Å². The molecule has 3 aromatic carbocycles. The average molecular weight is 537 g/mol. The molecular weight excluding hydrogens is 504 g/mol. The fourth-order valence-corrected chi connectivity index (χ4v) is 5.80. The highest BCUT2D eigenvalue weighted by Gasteiger charge is 2.24. The molecule has 1 aliphatic rings. The minimum atomic E-state index is -4.05. The Balaban J connectivity index is 1.62. The van der Waals surface area contributed by atoms with Crippen molar-refractivity contribution in [2.75, 3.05) is 46.6 Å². The summed E-state index contributed by atoms with van der Waals surface area (Å²) in [6, 6.07) is 18.4. The summed E-state index contributed by atoms with van der Waals surface area (Å²) in [7, 11) is -2.57.